The molecule has 0 radical (unpaired) electrons. The standard InChI is InChI=1S/C17H23N3O/c1-4-6-13-7-9-14(10-8-13)17(18-5-2)15-11-12-16(21-3)20-19-15/h7-12,17-18H,4-6H2,1-3H3. The molecule has 0 fully saturated rings. The third kappa shape index (κ3) is 4.02. The summed E-state index contributed by atoms with van der Waals surface area (Å²) < 4.78 is 5.06. The SMILES string of the molecule is CCCc1ccc(C(NCC)c2ccc(OC)nn2)cc1. The molecule has 0 bridgehead atoms. The first-order valence-electron chi connectivity index (χ1n) is 7.48. The van der Waals surface area contributed by atoms with Gasteiger partial charge in [0.05, 0.1) is 18.8 Å². The van der Waals surface area contributed by atoms with Gasteiger partial charge in [-0.15, -0.1) is 10.2 Å². The van der Waals surface area contributed by atoms with Gasteiger partial charge in [-0.25, -0.2) is 0 Å². The number of benzene rings is 1. The van der Waals surface area contributed by atoms with Gasteiger partial charge in [0.1, 0.15) is 0 Å². The Morgan fingerprint density at radius 3 is 2.33 bits per heavy atom. The zero-order valence-electron chi connectivity index (χ0n) is 13.0. The molecular formula is C17H23N3O. The summed E-state index contributed by atoms with van der Waals surface area (Å²) in [6.07, 6.45) is 2.29. The highest BCUT2D eigenvalue weighted by atomic mass is 16.5. The summed E-state index contributed by atoms with van der Waals surface area (Å²) in [6.45, 7) is 5.16. The van der Waals surface area contributed by atoms with Crippen LogP contribution in [0.25, 0.3) is 0 Å². The number of nitrogens with one attached hydrogen (secondary N) is 1. The van der Waals surface area contributed by atoms with Gasteiger partial charge >= 0.3 is 0 Å². The topological polar surface area (TPSA) is 47.0 Å². The number of aromatic nitrogens is 2. The van der Waals surface area contributed by atoms with Crippen LogP contribution >= 0.6 is 0 Å². The van der Waals surface area contributed by atoms with Crippen LogP contribution in [-0.4, -0.2) is 23.9 Å². The Hall–Kier alpha value is -1.94. The second kappa shape index (κ2) is 7.74. The average Bonchev–Trinajstić information content (AvgIpc) is 2.54. The van der Waals surface area contributed by atoms with Gasteiger partial charge < -0.3 is 10.1 Å². The summed E-state index contributed by atoms with van der Waals surface area (Å²) in [5, 5.41) is 11.8. The van der Waals surface area contributed by atoms with Gasteiger partial charge in [-0.1, -0.05) is 44.5 Å². The maximum absolute atomic E-state index is 5.06. The lowest BCUT2D eigenvalue weighted by Gasteiger charge is -2.18. The largest absolute Gasteiger partial charge is 0.480 e. The van der Waals surface area contributed by atoms with Crippen molar-refractivity contribution in [2.45, 2.75) is 32.7 Å². The lowest BCUT2D eigenvalue weighted by molar-refractivity contribution is 0.390. The molecule has 0 aliphatic heterocycles. The minimum Gasteiger partial charge on any atom is -0.480 e. The summed E-state index contributed by atoms with van der Waals surface area (Å²) in [7, 11) is 1.60. The number of aryl methyl sites for hydroxylation is 1. The molecule has 1 aromatic carbocycles. The van der Waals surface area contributed by atoms with E-state index in [1.54, 1.807) is 7.11 Å². The highest BCUT2D eigenvalue weighted by Crippen LogP contribution is 2.21. The lowest BCUT2D eigenvalue weighted by atomic mass is 10.0. The first-order valence-corrected chi connectivity index (χ1v) is 7.48. The predicted molar refractivity (Wildman–Crippen MR) is 84.5 cm³/mol. The van der Waals surface area contributed by atoms with E-state index < -0.39 is 0 Å². The molecule has 0 spiro atoms. The number of ether oxygens (including phenoxy) is 1. The highest BCUT2D eigenvalue weighted by molar-refractivity contribution is 5.31. The Labute approximate surface area is 126 Å². The molecule has 4 nitrogen and oxygen atoms in total. The number of nitrogens with zero attached hydrogens (tertiary/aromatic N) is 2. The van der Waals surface area contributed by atoms with Crippen molar-refractivity contribution >= 4 is 0 Å². The molecule has 1 N–H and O–H groups in total. The van der Waals surface area contributed by atoms with Crippen LogP contribution in [-0.2, 0) is 6.42 Å². The highest BCUT2D eigenvalue weighted by Gasteiger charge is 2.15. The van der Waals surface area contributed by atoms with Gasteiger partial charge in [-0.3, -0.25) is 0 Å². The van der Waals surface area contributed by atoms with Crippen LogP contribution in [0.5, 0.6) is 5.88 Å². The number of rotatable bonds is 7. The van der Waals surface area contributed by atoms with E-state index in [1.165, 1.54) is 17.5 Å². The molecule has 21 heavy (non-hydrogen) atoms. The van der Waals surface area contributed by atoms with E-state index >= 15 is 0 Å². The summed E-state index contributed by atoms with van der Waals surface area (Å²) in [5.41, 5.74) is 3.48. The van der Waals surface area contributed by atoms with Crippen molar-refractivity contribution in [3.63, 3.8) is 0 Å². The van der Waals surface area contributed by atoms with Gasteiger partial charge in [-0.2, -0.15) is 0 Å². The first kappa shape index (κ1) is 15.4. The third-order valence-corrected chi connectivity index (χ3v) is 3.43. The molecule has 1 unspecified atom stereocenters. The van der Waals surface area contributed by atoms with E-state index in [0.29, 0.717) is 5.88 Å². The zero-order valence-corrected chi connectivity index (χ0v) is 13.0. The smallest absolute Gasteiger partial charge is 0.233 e. The Bertz CT molecular complexity index is 537. The summed E-state index contributed by atoms with van der Waals surface area (Å²) in [6, 6.07) is 12.6. The van der Waals surface area contributed by atoms with E-state index in [2.05, 4.69) is 53.6 Å². The van der Waals surface area contributed by atoms with E-state index in [9.17, 15) is 0 Å². The van der Waals surface area contributed by atoms with E-state index in [1.807, 2.05) is 12.1 Å². The van der Waals surface area contributed by atoms with Crippen LogP contribution < -0.4 is 10.1 Å². The fraction of sp³-hybridized carbons (Fsp3) is 0.412. The second-order valence-corrected chi connectivity index (χ2v) is 4.98. The Morgan fingerprint density at radius 1 is 1.05 bits per heavy atom. The van der Waals surface area contributed by atoms with Gasteiger partial charge in [0, 0.05) is 6.07 Å². The molecule has 0 saturated carbocycles. The summed E-state index contributed by atoms with van der Waals surface area (Å²) >= 11 is 0. The van der Waals surface area contributed by atoms with Crippen molar-refractivity contribution in [3.8, 4) is 5.88 Å². The molecule has 4 heteroatoms. The van der Waals surface area contributed by atoms with Crippen LogP contribution in [0.15, 0.2) is 36.4 Å². The van der Waals surface area contributed by atoms with Crippen molar-refractivity contribution in [3.05, 3.63) is 53.2 Å². The van der Waals surface area contributed by atoms with Crippen LogP contribution in [0.2, 0.25) is 0 Å². The van der Waals surface area contributed by atoms with Gasteiger partial charge in [0.15, 0.2) is 0 Å². The van der Waals surface area contributed by atoms with Crippen molar-refractivity contribution in [1.82, 2.24) is 15.5 Å². The van der Waals surface area contributed by atoms with Gasteiger partial charge in [0.2, 0.25) is 5.88 Å². The van der Waals surface area contributed by atoms with E-state index in [4.69, 9.17) is 4.74 Å². The second-order valence-electron chi connectivity index (χ2n) is 4.98. The summed E-state index contributed by atoms with van der Waals surface area (Å²) in [4.78, 5) is 0. The zero-order chi connectivity index (χ0) is 15.1. The van der Waals surface area contributed by atoms with Crippen LogP contribution in [0.4, 0.5) is 0 Å². The lowest BCUT2D eigenvalue weighted by Crippen LogP contribution is -2.23. The monoisotopic (exact) mass is 285 g/mol. The van der Waals surface area contributed by atoms with Crippen LogP contribution in [0.3, 0.4) is 0 Å². The fourth-order valence-electron chi connectivity index (χ4n) is 2.36. The molecule has 1 heterocycles. The Morgan fingerprint density at radius 2 is 1.81 bits per heavy atom. The molecular weight excluding hydrogens is 262 g/mol. The van der Waals surface area contributed by atoms with Gasteiger partial charge in [-0.05, 0) is 30.2 Å². The normalized spacial score (nSPS) is 12.1. The van der Waals surface area contributed by atoms with Crippen molar-refractivity contribution in [2.24, 2.45) is 0 Å². The Kier molecular flexibility index (Phi) is 5.69. The Balaban J connectivity index is 2.24. The summed E-state index contributed by atoms with van der Waals surface area (Å²) in [5.74, 6) is 0.535. The fourth-order valence-corrected chi connectivity index (χ4v) is 2.36. The van der Waals surface area contributed by atoms with E-state index in [-0.39, 0.29) is 6.04 Å². The van der Waals surface area contributed by atoms with Gasteiger partial charge in [0.25, 0.3) is 0 Å². The van der Waals surface area contributed by atoms with Crippen molar-refractivity contribution < 1.29 is 4.74 Å². The maximum Gasteiger partial charge on any atom is 0.233 e. The number of hydrogen-bond acceptors (Lipinski definition) is 4. The molecule has 112 valence electrons. The number of hydrogen-bond donors (Lipinski definition) is 1. The predicted octanol–water partition coefficient (Wildman–Crippen LogP) is 3.14. The van der Waals surface area contributed by atoms with Crippen LogP contribution in [0, 0.1) is 0 Å². The number of methoxy groups -OCH3 is 1. The van der Waals surface area contributed by atoms with Crippen molar-refractivity contribution in [2.75, 3.05) is 13.7 Å². The third-order valence-electron chi connectivity index (χ3n) is 3.43. The molecule has 0 amide bonds. The minimum absolute atomic E-state index is 0.0593. The molecule has 1 aromatic heterocycles. The average molecular weight is 285 g/mol. The quantitative estimate of drug-likeness (QED) is 0.849. The van der Waals surface area contributed by atoms with Crippen molar-refractivity contribution in [1.29, 1.82) is 0 Å². The molecule has 0 aliphatic rings. The molecule has 2 rings (SSSR count). The van der Waals surface area contributed by atoms with Crippen LogP contribution in [0.1, 0.15) is 43.1 Å². The molecule has 0 aliphatic carbocycles. The maximum atomic E-state index is 5.06. The van der Waals surface area contributed by atoms with E-state index in [0.717, 1.165) is 18.7 Å². The molecule has 0 saturated heterocycles. The minimum atomic E-state index is 0.0593. The molecule has 1 atom stereocenters. The first-order chi connectivity index (χ1) is 10.3. The molecule has 2 aromatic rings.